The Bertz CT molecular complexity index is 1020. The van der Waals surface area contributed by atoms with E-state index in [9.17, 15) is 14.9 Å². The number of nitrogens with one attached hydrogen (secondary N) is 1. The third kappa shape index (κ3) is 4.55. The van der Waals surface area contributed by atoms with Crippen LogP contribution in [0.5, 0.6) is 11.5 Å². The molecule has 148 valence electrons. The normalized spacial score (nSPS) is 15.1. The molecule has 0 aromatic heterocycles. The second kappa shape index (κ2) is 8.48. The lowest BCUT2D eigenvalue weighted by atomic mass is 10.0. The number of ether oxygens (including phenoxy) is 2. The number of carboxylic acid groups (broad SMARTS) is 1. The summed E-state index contributed by atoms with van der Waals surface area (Å²) in [5.41, 5.74) is 1.98. The molecule has 1 atom stereocenters. The fourth-order valence-corrected chi connectivity index (χ4v) is 3.05. The predicted molar refractivity (Wildman–Crippen MR) is 107 cm³/mol. The van der Waals surface area contributed by atoms with Crippen molar-refractivity contribution in [3.8, 4) is 17.6 Å². The van der Waals surface area contributed by atoms with Crippen LogP contribution in [0.25, 0.3) is 6.08 Å². The Hall–Kier alpha value is -3.79. The van der Waals surface area contributed by atoms with Crippen molar-refractivity contribution in [3.63, 3.8) is 0 Å². The fourth-order valence-electron chi connectivity index (χ4n) is 3.05. The number of nitriles is 1. The van der Waals surface area contributed by atoms with Gasteiger partial charge in [-0.1, -0.05) is 0 Å². The number of fused-ring (bicyclic) bond motifs is 1. The lowest BCUT2D eigenvalue weighted by Gasteiger charge is -2.11. The molecule has 2 aromatic carbocycles. The molecule has 0 unspecified atom stereocenters. The van der Waals surface area contributed by atoms with Crippen LogP contribution in [0.2, 0.25) is 0 Å². The Morgan fingerprint density at radius 3 is 2.69 bits per heavy atom. The van der Waals surface area contributed by atoms with Gasteiger partial charge >= 0.3 is 5.97 Å². The lowest BCUT2D eigenvalue weighted by Crippen LogP contribution is -2.13. The molecule has 1 aliphatic heterocycles. The smallest absolute Gasteiger partial charge is 0.335 e. The van der Waals surface area contributed by atoms with Crippen LogP contribution in [0, 0.1) is 11.3 Å². The minimum atomic E-state index is -1.06. The van der Waals surface area contributed by atoms with Gasteiger partial charge in [-0.25, -0.2) is 4.79 Å². The number of amides is 1. The number of hydrogen-bond acceptors (Lipinski definition) is 5. The van der Waals surface area contributed by atoms with Gasteiger partial charge in [-0.15, -0.1) is 0 Å². The van der Waals surface area contributed by atoms with Crippen LogP contribution in [0.4, 0.5) is 5.69 Å². The van der Waals surface area contributed by atoms with E-state index in [1.165, 1.54) is 30.3 Å². The third-order valence-corrected chi connectivity index (χ3v) is 4.38. The quantitative estimate of drug-likeness (QED) is 0.574. The van der Waals surface area contributed by atoms with Gasteiger partial charge in [0.25, 0.3) is 5.91 Å². The number of nitrogens with zero attached hydrogens (tertiary/aromatic N) is 1. The predicted octanol–water partition coefficient (Wildman–Crippen LogP) is 3.65. The molecular formula is C22H20N2O5. The molecule has 3 rings (SSSR count). The second-order valence-electron chi connectivity index (χ2n) is 6.57. The molecule has 2 N–H and O–H groups in total. The van der Waals surface area contributed by atoms with Gasteiger partial charge < -0.3 is 19.9 Å². The van der Waals surface area contributed by atoms with Crippen LogP contribution < -0.4 is 14.8 Å². The SMILES string of the molecule is CCOc1cc2c(cc1/C=C(\C#N)C(=O)Nc1ccc(C(=O)O)cc1)O[C@H](C)C2. The van der Waals surface area contributed by atoms with Crippen molar-refractivity contribution >= 4 is 23.6 Å². The number of hydrogen-bond donors (Lipinski definition) is 2. The number of carbonyl (C=O) groups excluding carboxylic acids is 1. The first-order chi connectivity index (χ1) is 13.9. The van der Waals surface area contributed by atoms with Crippen molar-refractivity contribution in [1.29, 1.82) is 5.26 Å². The molecule has 7 nitrogen and oxygen atoms in total. The molecule has 0 fully saturated rings. The van der Waals surface area contributed by atoms with Gasteiger partial charge in [0.05, 0.1) is 12.2 Å². The molecule has 2 aromatic rings. The van der Waals surface area contributed by atoms with Crippen molar-refractivity contribution in [2.45, 2.75) is 26.4 Å². The maximum Gasteiger partial charge on any atom is 0.335 e. The molecule has 7 heteroatoms. The topological polar surface area (TPSA) is 109 Å². The molecule has 1 heterocycles. The number of benzene rings is 2. The van der Waals surface area contributed by atoms with Crippen molar-refractivity contribution < 1.29 is 24.2 Å². The summed E-state index contributed by atoms with van der Waals surface area (Å²) >= 11 is 0. The minimum Gasteiger partial charge on any atom is -0.493 e. The maximum atomic E-state index is 12.5. The van der Waals surface area contributed by atoms with E-state index in [1.807, 2.05) is 26.0 Å². The van der Waals surface area contributed by atoms with Gasteiger partial charge in [-0.05, 0) is 56.3 Å². The highest BCUT2D eigenvalue weighted by atomic mass is 16.5. The van der Waals surface area contributed by atoms with Gasteiger partial charge in [-0.2, -0.15) is 5.26 Å². The second-order valence-corrected chi connectivity index (χ2v) is 6.57. The first-order valence-electron chi connectivity index (χ1n) is 9.14. The molecule has 0 bridgehead atoms. The van der Waals surface area contributed by atoms with Gasteiger partial charge in [0.1, 0.15) is 29.2 Å². The summed E-state index contributed by atoms with van der Waals surface area (Å²) in [6.45, 7) is 4.28. The van der Waals surface area contributed by atoms with Crippen molar-refractivity contribution in [1.82, 2.24) is 0 Å². The van der Waals surface area contributed by atoms with Gasteiger partial charge in [0, 0.05) is 23.2 Å². The molecule has 0 saturated carbocycles. The Kier molecular flexibility index (Phi) is 5.84. The van der Waals surface area contributed by atoms with E-state index >= 15 is 0 Å². The van der Waals surface area contributed by atoms with Crippen LogP contribution in [-0.2, 0) is 11.2 Å². The average Bonchev–Trinajstić information content (AvgIpc) is 3.05. The molecule has 0 radical (unpaired) electrons. The molecule has 1 amide bonds. The zero-order valence-corrected chi connectivity index (χ0v) is 16.1. The zero-order chi connectivity index (χ0) is 21.0. The summed E-state index contributed by atoms with van der Waals surface area (Å²) in [5, 5.41) is 21.0. The number of carbonyl (C=O) groups is 2. The summed E-state index contributed by atoms with van der Waals surface area (Å²) in [7, 11) is 0. The van der Waals surface area contributed by atoms with E-state index in [-0.39, 0.29) is 17.2 Å². The highest BCUT2D eigenvalue weighted by Gasteiger charge is 2.22. The molecular weight excluding hydrogens is 372 g/mol. The Morgan fingerprint density at radius 2 is 2.07 bits per heavy atom. The molecule has 29 heavy (non-hydrogen) atoms. The largest absolute Gasteiger partial charge is 0.493 e. The molecule has 0 saturated heterocycles. The maximum absolute atomic E-state index is 12.5. The van der Waals surface area contributed by atoms with E-state index in [1.54, 1.807) is 6.07 Å². The summed E-state index contributed by atoms with van der Waals surface area (Å²) in [5.74, 6) is -0.366. The highest BCUT2D eigenvalue weighted by Crippen LogP contribution is 2.36. The van der Waals surface area contributed by atoms with Crippen molar-refractivity contribution in [2.75, 3.05) is 11.9 Å². The summed E-state index contributed by atoms with van der Waals surface area (Å²) in [6, 6.07) is 11.2. The molecule has 1 aliphatic rings. The fraction of sp³-hybridized carbons (Fsp3) is 0.227. The summed E-state index contributed by atoms with van der Waals surface area (Å²) in [4.78, 5) is 23.4. The number of rotatable bonds is 6. The van der Waals surface area contributed by atoms with Crippen LogP contribution in [0.15, 0.2) is 42.0 Å². The van der Waals surface area contributed by atoms with Crippen LogP contribution in [0.3, 0.4) is 0 Å². The Balaban J connectivity index is 1.87. The Labute approximate surface area is 168 Å². The monoisotopic (exact) mass is 392 g/mol. The highest BCUT2D eigenvalue weighted by molar-refractivity contribution is 6.10. The van der Waals surface area contributed by atoms with E-state index in [2.05, 4.69) is 5.32 Å². The van der Waals surface area contributed by atoms with Crippen LogP contribution in [-0.4, -0.2) is 29.7 Å². The van der Waals surface area contributed by atoms with Gasteiger partial charge in [0.2, 0.25) is 0 Å². The molecule has 0 spiro atoms. The van der Waals surface area contributed by atoms with Gasteiger partial charge in [-0.3, -0.25) is 4.79 Å². The Morgan fingerprint density at radius 1 is 1.34 bits per heavy atom. The van der Waals surface area contributed by atoms with Crippen LogP contribution >= 0.6 is 0 Å². The van der Waals surface area contributed by atoms with E-state index < -0.39 is 11.9 Å². The standard InChI is InChI=1S/C22H20N2O5/c1-3-28-19-10-15-8-13(2)29-20(15)11-16(19)9-17(12-23)21(25)24-18-6-4-14(5-7-18)22(26)27/h4-7,9-11,13H,3,8H2,1-2H3,(H,24,25)(H,26,27)/b17-9+/t13-/m1/s1. The molecule has 0 aliphatic carbocycles. The van der Waals surface area contributed by atoms with E-state index in [0.717, 1.165) is 12.0 Å². The van der Waals surface area contributed by atoms with Gasteiger partial charge in [0.15, 0.2) is 0 Å². The summed E-state index contributed by atoms with van der Waals surface area (Å²) in [6.07, 6.45) is 2.29. The van der Waals surface area contributed by atoms with E-state index in [4.69, 9.17) is 14.6 Å². The van der Waals surface area contributed by atoms with Crippen molar-refractivity contribution in [3.05, 3.63) is 58.7 Å². The lowest BCUT2D eigenvalue weighted by molar-refractivity contribution is -0.112. The zero-order valence-electron chi connectivity index (χ0n) is 16.1. The minimum absolute atomic E-state index is 0.0613. The number of anilines is 1. The first kappa shape index (κ1) is 20.0. The third-order valence-electron chi connectivity index (χ3n) is 4.38. The van der Waals surface area contributed by atoms with E-state index in [0.29, 0.717) is 29.4 Å². The number of carboxylic acids is 1. The first-order valence-corrected chi connectivity index (χ1v) is 9.14. The summed E-state index contributed by atoms with van der Waals surface area (Å²) < 4.78 is 11.4. The number of aromatic carboxylic acids is 1. The van der Waals surface area contributed by atoms with Crippen LogP contribution in [0.1, 0.15) is 35.3 Å². The van der Waals surface area contributed by atoms with Crippen molar-refractivity contribution in [2.24, 2.45) is 0 Å². The average molecular weight is 392 g/mol.